The molecule has 116 valence electrons. The van der Waals surface area contributed by atoms with E-state index in [2.05, 4.69) is 5.32 Å². The summed E-state index contributed by atoms with van der Waals surface area (Å²) >= 11 is 12.0. The van der Waals surface area contributed by atoms with E-state index in [1.807, 2.05) is 4.90 Å². The molecule has 2 atom stereocenters. The summed E-state index contributed by atoms with van der Waals surface area (Å²) in [5.74, 6) is 1.48. The van der Waals surface area contributed by atoms with Gasteiger partial charge in [0.25, 0.3) is 5.91 Å². The molecule has 0 aromatic heterocycles. The summed E-state index contributed by atoms with van der Waals surface area (Å²) in [6.07, 6.45) is 2.16. The zero-order valence-corrected chi connectivity index (χ0v) is 14.0. The van der Waals surface area contributed by atoms with Crippen LogP contribution in [0.2, 0.25) is 10.0 Å². The zero-order chi connectivity index (χ0) is 14.1. The maximum absolute atomic E-state index is 12.6. The van der Waals surface area contributed by atoms with Crippen molar-refractivity contribution in [2.45, 2.75) is 12.8 Å². The molecule has 0 spiro atoms. The summed E-state index contributed by atoms with van der Waals surface area (Å²) in [4.78, 5) is 14.5. The van der Waals surface area contributed by atoms with Gasteiger partial charge in [0.2, 0.25) is 0 Å². The highest BCUT2D eigenvalue weighted by Gasteiger charge is 2.31. The van der Waals surface area contributed by atoms with Crippen molar-refractivity contribution in [3.05, 3.63) is 33.8 Å². The van der Waals surface area contributed by atoms with E-state index in [1.54, 1.807) is 18.2 Å². The Balaban J connectivity index is 0.00000161. The number of nitrogens with one attached hydrogen (secondary N) is 1. The fraction of sp³-hybridized carbons (Fsp3) is 0.533. The highest BCUT2D eigenvalue weighted by molar-refractivity contribution is 6.35. The van der Waals surface area contributed by atoms with Crippen LogP contribution in [0.15, 0.2) is 18.2 Å². The molecule has 0 bridgehead atoms. The monoisotopic (exact) mass is 348 g/mol. The Labute approximate surface area is 141 Å². The summed E-state index contributed by atoms with van der Waals surface area (Å²) in [5.41, 5.74) is 0.590. The molecule has 2 heterocycles. The van der Waals surface area contributed by atoms with Gasteiger partial charge in [-0.1, -0.05) is 23.2 Å². The second kappa shape index (κ2) is 7.19. The molecular weight excluding hydrogens is 331 g/mol. The first kappa shape index (κ1) is 16.9. The van der Waals surface area contributed by atoms with E-state index in [0.29, 0.717) is 15.6 Å². The second-order valence-corrected chi connectivity index (χ2v) is 6.58. The fourth-order valence-corrected chi connectivity index (χ4v) is 3.81. The molecule has 1 aromatic carbocycles. The average Bonchev–Trinajstić information content (AvgIpc) is 2.76. The van der Waals surface area contributed by atoms with Gasteiger partial charge in [-0.2, -0.15) is 0 Å². The summed E-state index contributed by atoms with van der Waals surface area (Å²) in [6, 6.07) is 5.05. The van der Waals surface area contributed by atoms with E-state index in [4.69, 9.17) is 23.2 Å². The van der Waals surface area contributed by atoms with Gasteiger partial charge in [-0.3, -0.25) is 4.79 Å². The number of carbonyl (C=O) groups excluding carboxylic acids is 1. The third-order valence-corrected chi connectivity index (χ3v) is 4.85. The maximum atomic E-state index is 12.6. The molecule has 1 aromatic rings. The lowest BCUT2D eigenvalue weighted by Gasteiger charge is -2.21. The Kier molecular flexibility index (Phi) is 5.78. The van der Waals surface area contributed by atoms with Gasteiger partial charge in [-0.05, 0) is 56.0 Å². The third-order valence-electron chi connectivity index (χ3n) is 4.42. The maximum Gasteiger partial charge on any atom is 0.253 e. The van der Waals surface area contributed by atoms with Gasteiger partial charge in [-0.15, -0.1) is 12.4 Å². The van der Waals surface area contributed by atoms with E-state index in [9.17, 15) is 4.79 Å². The Bertz CT molecular complexity index is 489. The van der Waals surface area contributed by atoms with Crippen LogP contribution in [0.4, 0.5) is 0 Å². The molecule has 21 heavy (non-hydrogen) atoms. The molecule has 2 saturated heterocycles. The second-order valence-electron chi connectivity index (χ2n) is 5.71. The minimum Gasteiger partial charge on any atom is -0.339 e. The van der Waals surface area contributed by atoms with Crippen molar-refractivity contribution < 1.29 is 4.79 Å². The zero-order valence-electron chi connectivity index (χ0n) is 11.6. The standard InChI is InChI=1S/C15H18Cl2N2O.ClH/c16-13-5-12(6-14(17)7-13)15(20)19-3-1-10-8-18-9-11(10)2-4-19;/h5-7,10-11,18H,1-4,8-9H2;1H/t10-,11+;. The quantitative estimate of drug-likeness (QED) is 0.842. The first-order chi connectivity index (χ1) is 9.63. The van der Waals surface area contributed by atoms with Crippen molar-refractivity contribution in [1.29, 1.82) is 0 Å². The van der Waals surface area contributed by atoms with Gasteiger partial charge in [0, 0.05) is 28.7 Å². The Morgan fingerprint density at radius 1 is 1.05 bits per heavy atom. The molecular formula is C15H19Cl3N2O. The highest BCUT2D eigenvalue weighted by Crippen LogP contribution is 2.28. The molecule has 3 nitrogen and oxygen atoms in total. The van der Waals surface area contributed by atoms with Crippen LogP contribution in [-0.4, -0.2) is 37.0 Å². The Morgan fingerprint density at radius 3 is 2.10 bits per heavy atom. The van der Waals surface area contributed by atoms with Gasteiger partial charge in [0.15, 0.2) is 0 Å². The SMILES string of the molecule is Cl.O=C(c1cc(Cl)cc(Cl)c1)N1CC[C@@H]2CNC[C@@H]2CC1. The Morgan fingerprint density at radius 2 is 1.57 bits per heavy atom. The predicted octanol–water partition coefficient (Wildman–Crippen LogP) is 3.49. The highest BCUT2D eigenvalue weighted by atomic mass is 35.5. The predicted molar refractivity (Wildman–Crippen MR) is 88.7 cm³/mol. The van der Waals surface area contributed by atoms with Gasteiger partial charge in [-0.25, -0.2) is 0 Å². The number of hydrogen-bond donors (Lipinski definition) is 1. The van der Waals surface area contributed by atoms with Crippen molar-refractivity contribution in [1.82, 2.24) is 10.2 Å². The molecule has 0 unspecified atom stereocenters. The first-order valence-corrected chi connectivity index (χ1v) is 7.85. The number of halogens is 3. The molecule has 3 rings (SSSR count). The Hall–Kier alpha value is -0.480. The van der Waals surface area contributed by atoms with E-state index < -0.39 is 0 Å². The third kappa shape index (κ3) is 3.84. The van der Waals surface area contributed by atoms with Gasteiger partial charge in [0.05, 0.1) is 0 Å². The van der Waals surface area contributed by atoms with Crippen molar-refractivity contribution in [3.8, 4) is 0 Å². The van der Waals surface area contributed by atoms with Gasteiger partial charge >= 0.3 is 0 Å². The van der Waals surface area contributed by atoms with E-state index >= 15 is 0 Å². The van der Waals surface area contributed by atoms with Crippen LogP contribution in [0.25, 0.3) is 0 Å². The lowest BCUT2D eigenvalue weighted by Crippen LogP contribution is -2.32. The summed E-state index contributed by atoms with van der Waals surface area (Å²) < 4.78 is 0. The van der Waals surface area contributed by atoms with Gasteiger partial charge < -0.3 is 10.2 Å². The largest absolute Gasteiger partial charge is 0.339 e. The number of likely N-dealkylation sites (tertiary alicyclic amines) is 1. The normalized spacial score (nSPS) is 25.0. The lowest BCUT2D eigenvalue weighted by atomic mass is 9.92. The van der Waals surface area contributed by atoms with Crippen LogP contribution in [0.3, 0.4) is 0 Å². The molecule has 1 amide bonds. The minimum absolute atomic E-state index is 0. The van der Waals surface area contributed by atoms with E-state index in [-0.39, 0.29) is 18.3 Å². The fourth-order valence-electron chi connectivity index (χ4n) is 3.28. The van der Waals surface area contributed by atoms with E-state index in [0.717, 1.165) is 50.9 Å². The van der Waals surface area contributed by atoms with Crippen LogP contribution >= 0.6 is 35.6 Å². The van der Waals surface area contributed by atoms with Crippen LogP contribution in [0.1, 0.15) is 23.2 Å². The molecule has 0 aliphatic carbocycles. The number of benzene rings is 1. The smallest absolute Gasteiger partial charge is 0.253 e. The molecule has 2 aliphatic heterocycles. The summed E-state index contributed by atoms with van der Waals surface area (Å²) in [6.45, 7) is 3.84. The molecule has 0 radical (unpaired) electrons. The number of nitrogens with zero attached hydrogens (tertiary/aromatic N) is 1. The van der Waals surface area contributed by atoms with Crippen molar-refractivity contribution in [2.24, 2.45) is 11.8 Å². The number of rotatable bonds is 1. The summed E-state index contributed by atoms with van der Waals surface area (Å²) in [5, 5.41) is 4.47. The van der Waals surface area contributed by atoms with Crippen LogP contribution in [0.5, 0.6) is 0 Å². The number of fused-ring (bicyclic) bond motifs is 1. The molecule has 2 fully saturated rings. The van der Waals surface area contributed by atoms with Crippen molar-refractivity contribution in [3.63, 3.8) is 0 Å². The number of hydrogen-bond acceptors (Lipinski definition) is 2. The number of carbonyl (C=O) groups is 1. The minimum atomic E-state index is 0. The summed E-state index contributed by atoms with van der Waals surface area (Å²) in [7, 11) is 0. The average molecular weight is 350 g/mol. The first-order valence-electron chi connectivity index (χ1n) is 7.09. The van der Waals surface area contributed by atoms with Crippen molar-refractivity contribution in [2.75, 3.05) is 26.2 Å². The topological polar surface area (TPSA) is 32.3 Å². The molecule has 0 saturated carbocycles. The van der Waals surface area contributed by atoms with Crippen molar-refractivity contribution >= 4 is 41.5 Å². The lowest BCUT2D eigenvalue weighted by molar-refractivity contribution is 0.0758. The molecule has 6 heteroatoms. The van der Waals surface area contributed by atoms with Crippen LogP contribution in [-0.2, 0) is 0 Å². The number of amides is 1. The van der Waals surface area contributed by atoms with Crippen LogP contribution < -0.4 is 5.32 Å². The molecule has 2 aliphatic rings. The molecule has 1 N–H and O–H groups in total. The van der Waals surface area contributed by atoms with Crippen LogP contribution in [0, 0.1) is 11.8 Å². The van der Waals surface area contributed by atoms with Gasteiger partial charge in [0.1, 0.15) is 0 Å². The van der Waals surface area contributed by atoms with E-state index in [1.165, 1.54) is 0 Å².